The lowest BCUT2D eigenvalue weighted by Gasteiger charge is -2.21. The van der Waals surface area contributed by atoms with Crippen molar-refractivity contribution in [2.75, 3.05) is 0 Å². The summed E-state index contributed by atoms with van der Waals surface area (Å²) in [7, 11) is 0. The molecule has 2 atom stereocenters. The van der Waals surface area contributed by atoms with Gasteiger partial charge in [0.05, 0.1) is 6.04 Å². The SMILES string of the molecule is C=C(C)NC(C(=C)C)c1ccc(C(/C=C\C)Cc2cc[nH]c2)cc1. The van der Waals surface area contributed by atoms with E-state index in [0.717, 1.165) is 17.7 Å². The van der Waals surface area contributed by atoms with Crippen molar-refractivity contribution in [2.45, 2.75) is 39.2 Å². The number of hydrogen-bond donors (Lipinski definition) is 2. The zero-order valence-electron chi connectivity index (χ0n) is 15.0. The van der Waals surface area contributed by atoms with Crippen LogP contribution in [0.25, 0.3) is 0 Å². The molecular weight excluding hydrogens is 292 g/mol. The van der Waals surface area contributed by atoms with Crippen molar-refractivity contribution < 1.29 is 0 Å². The van der Waals surface area contributed by atoms with Crippen molar-refractivity contribution in [3.8, 4) is 0 Å². The van der Waals surface area contributed by atoms with Gasteiger partial charge in [-0.2, -0.15) is 0 Å². The summed E-state index contributed by atoms with van der Waals surface area (Å²) in [6, 6.07) is 11.1. The molecule has 2 heteroatoms. The maximum atomic E-state index is 4.10. The Hall–Kier alpha value is -2.48. The van der Waals surface area contributed by atoms with Gasteiger partial charge in [-0.1, -0.05) is 55.1 Å². The summed E-state index contributed by atoms with van der Waals surface area (Å²) in [5.41, 5.74) is 5.91. The van der Waals surface area contributed by atoms with Crippen LogP contribution in [0, 0.1) is 0 Å². The second-order valence-electron chi connectivity index (χ2n) is 6.43. The zero-order valence-corrected chi connectivity index (χ0v) is 15.0. The number of benzene rings is 1. The van der Waals surface area contributed by atoms with Gasteiger partial charge in [0.25, 0.3) is 0 Å². The molecule has 24 heavy (non-hydrogen) atoms. The van der Waals surface area contributed by atoms with Gasteiger partial charge in [-0.15, -0.1) is 0 Å². The number of allylic oxidation sites excluding steroid dienone is 3. The highest BCUT2D eigenvalue weighted by Gasteiger charge is 2.14. The molecule has 0 aliphatic carbocycles. The van der Waals surface area contributed by atoms with E-state index in [1.807, 2.05) is 20.0 Å². The Labute approximate surface area is 146 Å². The van der Waals surface area contributed by atoms with Crippen LogP contribution in [-0.2, 0) is 6.42 Å². The van der Waals surface area contributed by atoms with Crippen molar-refractivity contribution in [3.05, 3.63) is 96.0 Å². The van der Waals surface area contributed by atoms with E-state index < -0.39 is 0 Å². The Kier molecular flexibility index (Phi) is 6.25. The van der Waals surface area contributed by atoms with Crippen molar-refractivity contribution >= 4 is 0 Å². The summed E-state index contributed by atoms with van der Waals surface area (Å²) in [6.45, 7) is 14.1. The van der Waals surface area contributed by atoms with Gasteiger partial charge in [-0.05, 0) is 49.9 Å². The first kappa shape index (κ1) is 17.9. The van der Waals surface area contributed by atoms with E-state index in [1.54, 1.807) is 0 Å². The fourth-order valence-corrected chi connectivity index (χ4v) is 2.94. The monoisotopic (exact) mass is 320 g/mol. The summed E-state index contributed by atoms with van der Waals surface area (Å²) in [5, 5.41) is 3.39. The molecule has 2 N–H and O–H groups in total. The van der Waals surface area contributed by atoms with Gasteiger partial charge < -0.3 is 10.3 Å². The van der Waals surface area contributed by atoms with Crippen LogP contribution in [0.3, 0.4) is 0 Å². The average molecular weight is 320 g/mol. The summed E-state index contributed by atoms with van der Waals surface area (Å²) in [5.74, 6) is 0.386. The molecule has 0 spiro atoms. The predicted molar refractivity (Wildman–Crippen MR) is 104 cm³/mol. The molecule has 2 unspecified atom stereocenters. The van der Waals surface area contributed by atoms with E-state index in [0.29, 0.717) is 5.92 Å². The molecule has 2 nitrogen and oxygen atoms in total. The highest BCUT2D eigenvalue weighted by Crippen LogP contribution is 2.26. The van der Waals surface area contributed by atoms with Crippen LogP contribution in [0.2, 0.25) is 0 Å². The molecule has 0 fully saturated rings. The molecule has 1 aromatic heterocycles. The Morgan fingerprint density at radius 3 is 2.29 bits per heavy atom. The average Bonchev–Trinajstić information content (AvgIpc) is 3.05. The molecule has 126 valence electrons. The fraction of sp³-hybridized carbons (Fsp3) is 0.273. The normalized spacial score (nSPS) is 13.6. The van der Waals surface area contributed by atoms with E-state index in [4.69, 9.17) is 0 Å². The third-order valence-corrected chi connectivity index (χ3v) is 4.12. The van der Waals surface area contributed by atoms with E-state index in [1.165, 1.54) is 16.7 Å². The number of hydrogen-bond acceptors (Lipinski definition) is 1. The number of H-pyrrole nitrogens is 1. The molecule has 0 aliphatic heterocycles. The first-order chi connectivity index (χ1) is 11.5. The van der Waals surface area contributed by atoms with E-state index >= 15 is 0 Å². The Morgan fingerprint density at radius 1 is 1.12 bits per heavy atom. The summed E-state index contributed by atoms with van der Waals surface area (Å²) < 4.78 is 0. The van der Waals surface area contributed by atoms with Gasteiger partial charge in [-0.25, -0.2) is 0 Å². The quantitative estimate of drug-likeness (QED) is 0.604. The first-order valence-electron chi connectivity index (χ1n) is 8.43. The van der Waals surface area contributed by atoms with Crippen molar-refractivity contribution in [1.29, 1.82) is 0 Å². The first-order valence-corrected chi connectivity index (χ1v) is 8.43. The minimum atomic E-state index is 0.112. The topological polar surface area (TPSA) is 27.8 Å². The number of aromatic amines is 1. The summed E-state index contributed by atoms with van der Waals surface area (Å²) >= 11 is 0. The third kappa shape index (κ3) is 4.76. The van der Waals surface area contributed by atoms with Crippen LogP contribution in [0.1, 0.15) is 49.4 Å². The highest BCUT2D eigenvalue weighted by molar-refractivity contribution is 5.34. The summed E-state index contributed by atoms with van der Waals surface area (Å²) in [4.78, 5) is 3.13. The largest absolute Gasteiger partial charge is 0.378 e. The van der Waals surface area contributed by atoms with E-state index in [9.17, 15) is 0 Å². The Morgan fingerprint density at radius 2 is 1.79 bits per heavy atom. The molecule has 0 amide bonds. The van der Waals surface area contributed by atoms with E-state index in [-0.39, 0.29) is 6.04 Å². The number of nitrogens with one attached hydrogen (secondary N) is 2. The lowest BCUT2D eigenvalue weighted by Crippen LogP contribution is -2.19. The maximum absolute atomic E-state index is 4.10. The molecule has 2 aromatic rings. The van der Waals surface area contributed by atoms with Crippen LogP contribution in [0.15, 0.2) is 79.3 Å². The smallest absolute Gasteiger partial charge is 0.0718 e. The van der Waals surface area contributed by atoms with Gasteiger partial charge in [0.2, 0.25) is 0 Å². The van der Waals surface area contributed by atoms with Crippen LogP contribution in [0.5, 0.6) is 0 Å². The molecule has 1 aromatic carbocycles. The lowest BCUT2D eigenvalue weighted by atomic mass is 9.90. The maximum Gasteiger partial charge on any atom is 0.0718 e. The molecule has 0 saturated carbocycles. The van der Waals surface area contributed by atoms with Crippen LogP contribution in [0.4, 0.5) is 0 Å². The second-order valence-corrected chi connectivity index (χ2v) is 6.43. The van der Waals surface area contributed by atoms with Crippen molar-refractivity contribution in [1.82, 2.24) is 10.3 Å². The second kappa shape index (κ2) is 8.39. The van der Waals surface area contributed by atoms with Crippen molar-refractivity contribution in [3.63, 3.8) is 0 Å². The van der Waals surface area contributed by atoms with E-state index in [2.05, 4.69) is 79.1 Å². The van der Waals surface area contributed by atoms with Gasteiger partial charge in [0.1, 0.15) is 0 Å². The Balaban J connectivity index is 2.21. The predicted octanol–water partition coefficient (Wildman–Crippen LogP) is 5.66. The standard InChI is InChI=1S/C22H28N2/c1-6-7-21(14-18-12-13-23-15-18)19-8-10-20(11-9-19)22(16(2)3)24-17(4)5/h6-13,15,21-24H,2,4,14H2,1,3,5H3/b7-6-. The minimum Gasteiger partial charge on any atom is -0.378 e. The Bertz CT molecular complexity index is 690. The van der Waals surface area contributed by atoms with Crippen LogP contribution < -0.4 is 5.32 Å². The zero-order chi connectivity index (χ0) is 17.5. The van der Waals surface area contributed by atoms with Crippen LogP contribution in [-0.4, -0.2) is 4.98 Å². The van der Waals surface area contributed by atoms with Gasteiger partial charge in [-0.3, -0.25) is 0 Å². The van der Waals surface area contributed by atoms with Crippen LogP contribution >= 0.6 is 0 Å². The van der Waals surface area contributed by atoms with Gasteiger partial charge in [0, 0.05) is 24.0 Å². The molecule has 1 heterocycles. The minimum absolute atomic E-state index is 0.112. The molecular formula is C22H28N2. The van der Waals surface area contributed by atoms with Gasteiger partial charge in [0.15, 0.2) is 0 Å². The highest BCUT2D eigenvalue weighted by atomic mass is 14.9. The molecule has 0 aliphatic rings. The fourth-order valence-electron chi connectivity index (χ4n) is 2.94. The summed E-state index contributed by atoms with van der Waals surface area (Å²) in [6.07, 6.45) is 9.45. The molecule has 2 rings (SSSR count). The van der Waals surface area contributed by atoms with Crippen molar-refractivity contribution in [2.24, 2.45) is 0 Å². The third-order valence-electron chi connectivity index (χ3n) is 4.12. The van der Waals surface area contributed by atoms with Gasteiger partial charge >= 0.3 is 0 Å². The lowest BCUT2D eigenvalue weighted by molar-refractivity contribution is 0.682. The molecule has 0 saturated heterocycles. The molecule has 0 bridgehead atoms. The molecule has 0 radical (unpaired) electrons. The number of aromatic nitrogens is 1. The number of rotatable bonds is 8.